The first-order valence-electron chi connectivity index (χ1n) is 6.97. The zero-order valence-electron chi connectivity index (χ0n) is 11.4. The van der Waals surface area contributed by atoms with Gasteiger partial charge in [-0.25, -0.2) is 4.63 Å². The SMILES string of the molecule is Brc1ccc(C2CN(Cc3cccc4nonc34)C2)cc1. The zero-order chi connectivity index (χ0) is 14.2. The number of halogens is 1. The Balaban J connectivity index is 1.44. The van der Waals surface area contributed by atoms with E-state index in [9.17, 15) is 0 Å². The van der Waals surface area contributed by atoms with Crippen LogP contribution in [0.5, 0.6) is 0 Å². The summed E-state index contributed by atoms with van der Waals surface area (Å²) in [4.78, 5) is 2.43. The quantitative estimate of drug-likeness (QED) is 0.728. The van der Waals surface area contributed by atoms with Crippen molar-refractivity contribution in [3.05, 3.63) is 58.1 Å². The van der Waals surface area contributed by atoms with E-state index in [1.54, 1.807) is 0 Å². The van der Waals surface area contributed by atoms with Crippen LogP contribution in [0.1, 0.15) is 17.0 Å². The Hall–Kier alpha value is -1.72. The van der Waals surface area contributed by atoms with Gasteiger partial charge in [-0.15, -0.1) is 0 Å². The molecule has 1 aliphatic heterocycles. The van der Waals surface area contributed by atoms with Crippen molar-refractivity contribution in [3.63, 3.8) is 0 Å². The minimum Gasteiger partial charge on any atom is -0.298 e. The lowest BCUT2D eigenvalue weighted by atomic mass is 9.91. The minimum atomic E-state index is 0.632. The van der Waals surface area contributed by atoms with Crippen molar-refractivity contribution in [1.29, 1.82) is 0 Å². The average molecular weight is 344 g/mol. The first-order valence-corrected chi connectivity index (χ1v) is 7.77. The molecule has 0 saturated carbocycles. The van der Waals surface area contributed by atoms with Crippen LogP contribution in [0.15, 0.2) is 51.6 Å². The second kappa shape index (κ2) is 5.24. The molecule has 0 spiro atoms. The van der Waals surface area contributed by atoms with Gasteiger partial charge in [0.15, 0.2) is 0 Å². The first kappa shape index (κ1) is 13.0. The summed E-state index contributed by atoms with van der Waals surface area (Å²) in [5, 5.41) is 7.89. The Morgan fingerprint density at radius 2 is 1.90 bits per heavy atom. The molecule has 1 fully saturated rings. The lowest BCUT2D eigenvalue weighted by Crippen LogP contribution is -2.44. The molecule has 0 amide bonds. The molecule has 0 unspecified atom stereocenters. The fourth-order valence-electron chi connectivity index (χ4n) is 2.88. The van der Waals surface area contributed by atoms with E-state index in [0.29, 0.717) is 5.92 Å². The van der Waals surface area contributed by atoms with Crippen LogP contribution in [0.2, 0.25) is 0 Å². The van der Waals surface area contributed by atoms with Crippen molar-refractivity contribution < 1.29 is 4.63 Å². The van der Waals surface area contributed by atoms with Crippen molar-refractivity contribution in [2.24, 2.45) is 0 Å². The van der Waals surface area contributed by atoms with Crippen LogP contribution < -0.4 is 0 Å². The van der Waals surface area contributed by atoms with Crippen molar-refractivity contribution in [2.75, 3.05) is 13.1 Å². The standard InChI is InChI=1S/C16H14BrN3O/c17-14-6-4-11(5-7-14)13-9-20(10-13)8-12-2-1-3-15-16(12)19-21-18-15/h1-7,13H,8-10H2. The van der Waals surface area contributed by atoms with Gasteiger partial charge in [-0.1, -0.05) is 40.2 Å². The largest absolute Gasteiger partial charge is 0.298 e. The highest BCUT2D eigenvalue weighted by Gasteiger charge is 2.28. The van der Waals surface area contributed by atoms with Crippen molar-refractivity contribution >= 4 is 27.0 Å². The summed E-state index contributed by atoms with van der Waals surface area (Å²) >= 11 is 3.48. The Kier molecular flexibility index (Phi) is 3.24. The lowest BCUT2D eigenvalue weighted by molar-refractivity contribution is 0.140. The minimum absolute atomic E-state index is 0.632. The van der Waals surface area contributed by atoms with E-state index >= 15 is 0 Å². The molecule has 0 radical (unpaired) electrons. The van der Waals surface area contributed by atoms with Gasteiger partial charge in [0.05, 0.1) is 0 Å². The third kappa shape index (κ3) is 2.47. The van der Waals surface area contributed by atoms with Crippen LogP contribution >= 0.6 is 15.9 Å². The highest BCUT2D eigenvalue weighted by Crippen LogP contribution is 2.30. The van der Waals surface area contributed by atoms with E-state index < -0.39 is 0 Å². The molecule has 0 aliphatic carbocycles. The number of likely N-dealkylation sites (tertiary alicyclic amines) is 1. The summed E-state index contributed by atoms with van der Waals surface area (Å²) in [5.74, 6) is 0.632. The number of rotatable bonds is 3. The van der Waals surface area contributed by atoms with Gasteiger partial charge < -0.3 is 0 Å². The third-order valence-electron chi connectivity index (χ3n) is 4.06. The summed E-state index contributed by atoms with van der Waals surface area (Å²) in [7, 11) is 0. The number of aromatic nitrogens is 2. The molecule has 106 valence electrons. The molecular formula is C16H14BrN3O. The smallest absolute Gasteiger partial charge is 0.139 e. The molecule has 4 rings (SSSR count). The molecule has 1 aliphatic rings. The maximum Gasteiger partial charge on any atom is 0.139 e. The van der Waals surface area contributed by atoms with Gasteiger partial charge in [0.25, 0.3) is 0 Å². The van der Waals surface area contributed by atoms with Gasteiger partial charge in [0.2, 0.25) is 0 Å². The first-order chi connectivity index (χ1) is 10.3. The van der Waals surface area contributed by atoms with Gasteiger partial charge in [-0.3, -0.25) is 4.90 Å². The summed E-state index contributed by atoms with van der Waals surface area (Å²) in [6.07, 6.45) is 0. The maximum absolute atomic E-state index is 4.82. The highest BCUT2D eigenvalue weighted by atomic mass is 79.9. The fourth-order valence-corrected chi connectivity index (χ4v) is 3.14. The van der Waals surface area contributed by atoms with E-state index in [1.165, 1.54) is 11.1 Å². The highest BCUT2D eigenvalue weighted by molar-refractivity contribution is 9.10. The van der Waals surface area contributed by atoms with Gasteiger partial charge in [-0.2, -0.15) is 0 Å². The average Bonchev–Trinajstić information content (AvgIpc) is 2.93. The molecule has 2 aromatic carbocycles. The van der Waals surface area contributed by atoms with Gasteiger partial charge in [-0.05, 0) is 39.6 Å². The van der Waals surface area contributed by atoms with E-state index in [1.807, 2.05) is 12.1 Å². The Morgan fingerprint density at radius 1 is 1.10 bits per heavy atom. The second-order valence-corrected chi connectivity index (χ2v) is 6.41. The molecule has 0 bridgehead atoms. The number of fused-ring (bicyclic) bond motifs is 1. The molecule has 5 heteroatoms. The van der Waals surface area contributed by atoms with Crippen LogP contribution in [0.4, 0.5) is 0 Å². The summed E-state index contributed by atoms with van der Waals surface area (Å²) in [6.45, 7) is 3.07. The molecule has 1 saturated heterocycles. The van der Waals surface area contributed by atoms with Crippen LogP contribution in [0.3, 0.4) is 0 Å². The van der Waals surface area contributed by atoms with E-state index in [-0.39, 0.29) is 0 Å². The Labute approximate surface area is 130 Å². The zero-order valence-corrected chi connectivity index (χ0v) is 13.0. The van der Waals surface area contributed by atoms with Gasteiger partial charge in [0.1, 0.15) is 11.0 Å². The summed E-state index contributed by atoms with van der Waals surface area (Å²) in [6, 6.07) is 14.7. The maximum atomic E-state index is 4.82. The third-order valence-corrected chi connectivity index (χ3v) is 4.59. The Bertz CT molecular complexity index is 763. The van der Waals surface area contributed by atoms with E-state index in [2.05, 4.69) is 61.5 Å². The van der Waals surface area contributed by atoms with Crippen LogP contribution in [0, 0.1) is 0 Å². The second-order valence-electron chi connectivity index (χ2n) is 5.49. The molecule has 2 heterocycles. The predicted octanol–water partition coefficient (Wildman–Crippen LogP) is 3.58. The van der Waals surface area contributed by atoms with Crippen molar-refractivity contribution in [1.82, 2.24) is 15.2 Å². The van der Waals surface area contributed by atoms with E-state index in [4.69, 9.17) is 4.63 Å². The summed E-state index contributed by atoms with van der Waals surface area (Å²) in [5.41, 5.74) is 4.31. The van der Waals surface area contributed by atoms with Crippen LogP contribution in [0.25, 0.3) is 11.0 Å². The molecule has 1 aromatic heterocycles. The number of benzene rings is 2. The predicted molar refractivity (Wildman–Crippen MR) is 84.0 cm³/mol. The summed E-state index contributed by atoms with van der Waals surface area (Å²) < 4.78 is 5.95. The van der Waals surface area contributed by atoms with Gasteiger partial charge in [0, 0.05) is 30.0 Å². The van der Waals surface area contributed by atoms with Crippen LogP contribution in [-0.2, 0) is 6.54 Å². The van der Waals surface area contributed by atoms with Gasteiger partial charge >= 0.3 is 0 Å². The fraction of sp³-hybridized carbons (Fsp3) is 0.250. The monoisotopic (exact) mass is 343 g/mol. The van der Waals surface area contributed by atoms with Crippen molar-refractivity contribution in [2.45, 2.75) is 12.5 Å². The van der Waals surface area contributed by atoms with E-state index in [0.717, 1.165) is 35.1 Å². The van der Waals surface area contributed by atoms with Crippen molar-refractivity contribution in [3.8, 4) is 0 Å². The van der Waals surface area contributed by atoms with Crippen LogP contribution in [-0.4, -0.2) is 28.3 Å². The molecular weight excluding hydrogens is 330 g/mol. The molecule has 0 N–H and O–H groups in total. The number of hydrogen-bond acceptors (Lipinski definition) is 4. The molecule has 21 heavy (non-hydrogen) atoms. The Morgan fingerprint density at radius 3 is 2.71 bits per heavy atom. The normalized spacial score (nSPS) is 16.2. The topological polar surface area (TPSA) is 42.2 Å². The number of nitrogens with zero attached hydrogens (tertiary/aromatic N) is 3. The number of hydrogen-bond donors (Lipinski definition) is 0. The lowest BCUT2D eigenvalue weighted by Gasteiger charge is -2.39. The molecule has 4 nitrogen and oxygen atoms in total. The molecule has 0 atom stereocenters. The molecule has 3 aromatic rings.